The van der Waals surface area contributed by atoms with E-state index >= 15 is 0 Å². The van der Waals surface area contributed by atoms with E-state index in [1.54, 1.807) is 6.92 Å². The molecule has 3 rings (SSSR count). The molecule has 0 amide bonds. The molecule has 0 bridgehead atoms. The molecule has 2 nitrogen and oxygen atoms in total. The van der Waals surface area contributed by atoms with Gasteiger partial charge < -0.3 is 0 Å². The summed E-state index contributed by atoms with van der Waals surface area (Å²) >= 11 is 0. The van der Waals surface area contributed by atoms with Gasteiger partial charge in [0.1, 0.15) is 10.5 Å². The number of ketones is 1. The van der Waals surface area contributed by atoms with Gasteiger partial charge in [0.05, 0.1) is 10.8 Å². The molecule has 20 heavy (non-hydrogen) atoms. The summed E-state index contributed by atoms with van der Waals surface area (Å²) < 4.78 is 12.1. The molecule has 3 heteroatoms. The molecule has 0 heterocycles. The standard InChI is InChI=1S/C17H16O2S/c1-13(18)17(20(19)15-10-6-3-7-11-15)12-16(17)14-8-4-2-5-9-14/h2-11,16H,12H2,1H3. The van der Waals surface area contributed by atoms with Crippen molar-refractivity contribution in [1.29, 1.82) is 0 Å². The number of rotatable bonds is 4. The Morgan fingerprint density at radius 1 is 1.05 bits per heavy atom. The largest absolute Gasteiger partial charge is 0.298 e. The topological polar surface area (TPSA) is 34.1 Å². The SMILES string of the molecule is CC(=O)C1(S(=O)c2ccccc2)CC1c1ccccc1. The Kier molecular flexibility index (Phi) is 3.30. The number of hydrogen-bond donors (Lipinski definition) is 0. The molecule has 2 aromatic carbocycles. The molecule has 102 valence electrons. The van der Waals surface area contributed by atoms with Crippen molar-refractivity contribution in [3.63, 3.8) is 0 Å². The van der Waals surface area contributed by atoms with E-state index in [2.05, 4.69) is 0 Å². The average Bonchev–Trinajstić information content (AvgIpc) is 3.25. The maximum Gasteiger partial charge on any atom is 0.149 e. The van der Waals surface area contributed by atoms with Gasteiger partial charge in [-0.1, -0.05) is 48.5 Å². The van der Waals surface area contributed by atoms with E-state index in [0.29, 0.717) is 6.42 Å². The Labute approximate surface area is 121 Å². The maximum absolute atomic E-state index is 12.8. The molecule has 0 aliphatic heterocycles. The summed E-state index contributed by atoms with van der Waals surface area (Å²) in [5.41, 5.74) is 1.10. The highest BCUT2D eigenvalue weighted by atomic mass is 32.2. The first-order valence-corrected chi connectivity index (χ1v) is 7.84. The maximum atomic E-state index is 12.8. The predicted molar refractivity (Wildman–Crippen MR) is 80.1 cm³/mol. The molecular formula is C17H16O2S. The van der Waals surface area contributed by atoms with Crippen molar-refractivity contribution in [2.45, 2.75) is 28.9 Å². The van der Waals surface area contributed by atoms with E-state index in [-0.39, 0.29) is 11.7 Å². The fraction of sp³-hybridized carbons (Fsp3) is 0.235. The molecule has 1 fully saturated rings. The van der Waals surface area contributed by atoms with Crippen LogP contribution in [0.3, 0.4) is 0 Å². The van der Waals surface area contributed by atoms with E-state index in [1.165, 1.54) is 0 Å². The zero-order valence-electron chi connectivity index (χ0n) is 11.3. The molecule has 2 aromatic rings. The normalized spacial score (nSPS) is 25.9. The Morgan fingerprint density at radius 3 is 2.15 bits per heavy atom. The minimum atomic E-state index is -1.29. The minimum absolute atomic E-state index is 0.0218. The highest BCUT2D eigenvalue weighted by molar-refractivity contribution is 7.87. The van der Waals surface area contributed by atoms with E-state index in [0.717, 1.165) is 10.5 Å². The fourth-order valence-corrected chi connectivity index (χ4v) is 4.59. The molecule has 0 saturated heterocycles. The Hall–Kier alpha value is -1.74. The summed E-state index contributed by atoms with van der Waals surface area (Å²) in [4.78, 5) is 12.9. The van der Waals surface area contributed by atoms with Crippen LogP contribution in [-0.2, 0) is 15.6 Å². The lowest BCUT2D eigenvalue weighted by Crippen LogP contribution is -2.28. The van der Waals surface area contributed by atoms with E-state index < -0.39 is 15.5 Å². The molecule has 1 aliphatic rings. The monoisotopic (exact) mass is 284 g/mol. The summed E-state index contributed by atoms with van der Waals surface area (Å²) in [7, 11) is -1.29. The summed E-state index contributed by atoms with van der Waals surface area (Å²) in [6, 6.07) is 19.2. The molecule has 0 spiro atoms. The van der Waals surface area contributed by atoms with Gasteiger partial charge in [0, 0.05) is 10.8 Å². The van der Waals surface area contributed by atoms with Crippen molar-refractivity contribution < 1.29 is 9.00 Å². The number of benzene rings is 2. The van der Waals surface area contributed by atoms with Crippen LogP contribution in [0.25, 0.3) is 0 Å². The molecule has 0 radical (unpaired) electrons. The molecule has 3 unspecified atom stereocenters. The third-order valence-electron chi connectivity index (χ3n) is 4.00. The van der Waals surface area contributed by atoms with Crippen molar-refractivity contribution in [2.24, 2.45) is 0 Å². The highest BCUT2D eigenvalue weighted by Crippen LogP contribution is 2.57. The van der Waals surface area contributed by atoms with Gasteiger partial charge in [-0.05, 0) is 31.0 Å². The van der Waals surface area contributed by atoms with Crippen LogP contribution < -0.4 is 0 Å². The summed E-state index contributed by atoms with van der Waals surface area (Å²) in [5.74, 6) is 0.0933. The van der Waals surface area contributed by atoms with Gasteiger partial charge in [0.2, 0.25) is 0 Å². The molecule has 1 aliphatic carbocycles. The smallest absolute Gasteiger partial charge is 0.149 e. The molecular weight excluding hydrogens is 268 g/mol. The predicted octanol–water partition coefficient (Wildman–Crippen LogP) is 3.31. The van der Waals surface area contributed by atoms with Crippen LogP contribution in [0, 0.1) is 0 Å². The van der Waals surface area contributed by atoms with Gasteiger partial charge >= 0.3 is 0 Å². The van der Waals surface area contributed by atoms with Crippen LogP contribution in [-0.4, -0.2) is 14.7 Å². The zero-order chi connectivity index (χ0) is 14.2. The van der Waals surface area contributed by atoms with Gasteiger partial charge in [0.15, 0.2) is 0 Å². The van der Waals surface area contributed by atoms with Gasteiger partial charge in [-0.3, -0.25) is 9.00 Å². The van der Waals surface area contributed by atoms with Crippen LogP contribution >= 0.6 is 0 Å². The van der Waals surface area contributed by atoms with Crippen LogP contribution in [0.1, 0.15) is 24.8 Å². The summed E-state index contributed by atoms with van der Waals surface area (Å²) in [6.07, 6.45) is 0.674. The van der Waals surface area contributed by atoms with Crippen LogP contribution in [0.15, 0.2) is 65.6 Å². The quantitative estimate of drug-likeness (QED) is 0.863. The third-order valence-corrected chi connectivity index (χ3v) is 6.10. The average molecular weight is 284 g/mol. The molecule has 0 N–H and O–H groups in total. The molecule has 1 saturated carbocycles. The molecule has 3 atom stereocenters. The number of carbonyl (C=O) groups is 1. The fourth-order valence-electron chi connectivity index (χ4n) is 2.80. The lowest BCUT2D eigenvalue weighted by atomic mass is 10.1. The van der Waals surface area contributed by atoms with Crippen LogP contribution in [0.4, 0.5) is 0 Å². The van der Waals surface area contributed by atoms with Gasteiger partial charge in [0.25, 0.3) is 0 Å². The van der Waals surface area contributed by atoms with Crippen molar-refractivity contribution in [1.82, 2.24) is 0 Å². The van der Waals surface area contributed by atoms with Crippen LogP contribution in [0.5, 0.6) is 0 Å². The number of carbonyl (C=O) groups excluding carboxylic acids is 1. The zero-order valence-corrected chi connectivity index (χ0v) is 12.1. The first kappa shape index (κ1) is 13.3. The van der Waals surface area contributed by atoms with Crippen molar-refractivity contribution >= 4 is 16.6 Å². The Bertz CT molecular complexity index is 651. The molecule has 0 aromatic heterocycles. The number of hydrogen-bond acceptors (Lipinski definition) is 2. The third kappa shape index (κ3) is 2.02. The second-order valence-electron chi connectivity index (χ2n) is 5.19. The van der Waals surface area contributed by atoms with E-state index in [1.807, 2.05) is 60.7 Å². The minimum Gasteiger partial charge on any atom is -0.298 e. The first-order chi connectivity index (χ1) is 9.66. The lowest BCUT2D eigenvalue weighted by Gasteiger charge is -2.14. The second-order valence-corrected chi connectivity index (χ2v) is 6.93. The Balaban J connectivity index is 1.97. The lowest BCUT2D eigenvalue weighted by molar-refractivity contribution is -0.117. The number of Topliss-reactive ketones (excluding diaryl/α,β-unsaturated/α-hetero) is 1. The van der Waals surface area contributed by atoms with Crippen molar-refractivity contribution in [3.05, 3.63) is 66.2 Å². The Morgan fingerprint density at radius 2 is 1.60 bits per heavy atom. The first-order valence-electron chi connectivity index (χ1n) is 6.69. The van der Waals surface area contributed by atoms with Crippen LogP contribution in [0.2, 0.25) is 0 Å². The summed E-state index contributed by atoms with van der Waals surface area (Å²) in [6.45, 7) is 1.56. The second kappa shape index (κ2) is 4.98. The van der Waals surface area contributed by atoms with E-state index in [4.69, 9.17) is 0 Å². The summed E-state index contributed by atoms with van der Waals surface area (Å²) in [5, 5.41) is 0. The van der Waals surface area contributed by atoms with Gasteiger partial charge in [-0.2, -0.15) is 0 Å². The van der Waals surface area contributed by atoms with E-state index in [9.17, 15) is 9.00 Å². The highest BCUT2D eigenvalue weighted by Gasteiger charge is 2.63. The van der Waals surface area contributed by atoms with Crippen molar-refractivity contribution in [3.8, 4) is 0 Å². The van der Waals surface area contributed by atoms with Gasteiger partial charge in [-0.15, -0.1) is 0 Å². The van der Waals surface area contributed by atoms with Crippen molar-refractivity contribution in [2.75, 3.05) is 0 Å². The van der Waals surface area contributed by atoms with Gasteiger partial charge in [-0.25, -0.2) is 0 Å².